The van der Waals surface area contributed by atoms with Crippen molar-refractivity contribution in [2.24, 2.45) is 0 Å². The predicted molar refractivity (Wildman–Crippen MR) is 130 cm³/mol. The lowest BCUT2D eigenvalue weighted by molar-refractivity contribution is 0.279. The summed E-state index contributed by atoms with van der Waals surface area (Å²) in [7, 11) is -1.68. The van der Waals surface area contributed by atoms with Crippen LogP contribution in [-0.4, -0.2) is 32.5 Å². The molecule has 0 saturated heterocycles. The summed E-state index contributed by atoms with van der Waals surface area (Å²) in [4.78, 5) is 8.05. The molecule has 1 fully saturated rings. The molecule has 1 aromatic heterocycles. The average Bonchev–Trinajstić information content (AvgIpc) is 3.43. The van der Waals surface area contributed by atoms with Crippen molar-refractivity contribution in [1.29, 1.82) is 5.26 Å². The molecule has 6 heteroatoms. The summed E-state index contributed by atoms with van der Waals surface area (Å²) >= 11 is 1.66. The standard InChI is InChI=1S/C24H35N3OSSi/c1-18-23(29-17-26-18)19-9-10-20(16-25)22(15-19)27(21-11-12-21)13-7-8-14-28-30(5,6)24(2,3)4/h9-10,15,17,21H,7-8,11-14H2,1-6H3. The number of unbranched alkanes of at least 4 members (excludes halogenated alkanes) is 1. The van der Waals surface area contributed by atoms with E-state index in [1.807, 2.05) is 18.5 Å². The first kappa shape index (κ1) is 23.0. The van der Waals surface area contributed by atoms with Crippen molar-refractivity contribution in [3.05, 3.63) is 35.0 Å². The van der Waals surface area contributed by atoms with Gasteiger partial charge in [-0.15, -0.1) is 11.3 Å². The van der Waals surface area contributed by atoms with Crippen molar-refractivity contribution >= 4 is 25.3 Å². The first-order valence-electron chi connectivity index (χ1n) is 11.0. The number of anilines is 1. The minimum Gasteiger partial charge on any atom is -0.417 e. The lowest BCUT2D eigenvalue weighted by Crippen LogP contribution is -2.41. The third-order valence-electron chi connectivity index (χ3n) is 6.49. The first-order valence-corrected chi connectivity index (χ1v) is 14.8. The molecule has 1 aliphatic rings. The molecule has 1 aliphatic carbocycles. The van der Waals surface area contributed by atoms with Gasteiger partial charge in [-0.2, -0.15) is 5.26 Å². The minimum atomic E-state index is -1.68. The fourth-order valence-electron chi connectivity index (χ4n) is 3.40. The number of hydrogen-bond acceptors (Lipinski definition) is 5. The number of thiazole rings is 1. The fourth-order valence-corrected chi connectivity index (χ4v) is 5.29. The SMILES string of the molecule is Cc1ncsc1-c1ccc(C#N)c(N(CCCCO[Si](C)(C)C(C)(C)C)C2CC2)c1. The number of benzene rings is 1. The summed E-state index contributed by atoms with van der Waals surface area (Å²) in [5.74, 6) is 0. The monoisotopic (exact) mass is 441 g/mol. The average molecular weight is 442 g/mol. The van der Waals surface area contributed by atoms with Crippen LogP contribution in [-0.2, 0) is 4.43 Å². The third-order valence-corrected chi connectivity index (χ3v) is 12.0. The Kier molecular flexibility index (Phi) is 7.06. The summed E-state index contributed by atoms with van der Waals surface area (Å²) in [5, 5.41) is 9.97. The van der Waals surface area contributed by atoms with Crippen LogP contribution in [0.4, 0.5) is 5.69 Å². The highest BCUT2D eigenvalue weighted by molar-refractivity contribution is 7.13. The molecule has 4 nitrogen and oxygen atoms in total. The molecular weight excluding hydrogens is 406 g/mol. The van der Waals surface area contributed by atoms with Gasteiger partial charge in [0.15, 0.2) is 8.32 Å². The molecule has 0 unspecified atom stereocenters. The molecule has 3 rings (SSSR count). The van der Waals surface area contributed by atoms with Gasteiger partial charge in [0.25, 0.3) is 0 Å². The third kappa shape index (κ3) is 5.32. The molecule has 0 spiro atoms. The van der Waals surface area contributed by atoms with Crippen molar-refractivity contribution in [2.75, 3.05) is 18.1 Å². The molecule has 30 heavy (non-hydrogen) atoms. The van der Waals surface area contributed by atoms with Crippen molar-refractivity contribution in [1.82, 2.24) is 4.98 Å². The Labute approximate surface area is 187 Å². The number of hydrogen-bond donors (Lipinski definition) is 0. The fraction of sp³-hybridized carbons (Fsp3) is 0.583. The van der Waals surface area contributed by atoms with Crippen molar-refractivity contribution in [2.45, 2.75) is 77.6 Å². The lowest BCUT2D eigenvalue weighted by Gasteiger charge is -2.36. The number of nitrogens with zero attached hydrogens (tertiary/aromatic N) is 3. The smallest absolute Gasteiger partial charge is 0.191 e. The van der Waals surface area contributed by atoms with E-state index in [0.29, 0.717) is 6.04 Å². The van der Waals surface area contributed by atoms with Gasteiger partial charge >= 0.3 is 0 Å². The van der Waals surface area contributed by atoms with Crippen molar-refractivity contribution in [3.8, 4) is 16.5 Å². The normalized spacial score (nSPS) is 14.6. The van der Waals surface area contributed by atoms with Crippen LogP contribution >= 0.6 is 11.3 Å². The predicted octanol–water partition coefficient (Wildman–Crippen LogP) is 6.76. The summed E-state index contributed by atoms with van der Waals surface area (Å²) in [5.41, 5.74) is 5.96. The molecule has 162 valence electrons. The summed E-state index contributed by atoms with van der Waals surface area (Å²) in [6.07, 6.45) is 4.58. The Bertz CT molecular complexity index is 906. The maximum absolute atomic E-state index is 9.72. The molecule has 0 N–H and O–H groups in total. The Morgan fingerprint density at radius 3 is 2.57 bits per heavy atom. The molecule has 1 heterocycles. The van der Waals surface area contributed by atoms with Gasteiger partial charge in [-0.05, 0) is 68.4 Å². The number of rotatable bonds is 9. The van der Waals surface area contributed by atoms with Crippen LogP contribution < -0.4 is 4.90 Å². The van der Waals surface area contributed by atoms with E-state index in [1.165, 1.54) is 17.7 Å². The van der Waals surface area contributed by atoms with E-state index < -0.39 is 8.32 Å². The highest BCUT2D eigenvalue weighted by Crippen LogP contribution is 2.38. The Morgan fingerprint density at radius 2 is 2.00 bits per heavy atom. The molecule has 0 aliphatic heterocycles. The van der Waals surface area contributed by atoms with Crippen molar-refractivity contribution < 1.29 is 4.43 Å². The number of aryl methyl sites for hydroxylation is 1. The largest absolute Gasteiger partial charge is 0.417 e. The second-order valence-electron chi connectivity index (χ2n) is 9.85. The van der Waals surface area contributed by atoms with Gasteiger partial charge in [-0.1, -0.05) is 26.8 Å². The summed E-state index contributed by atoms with van der Waals surface area (Å²) < 4.78 is 6.35. The topological polar surface area (TPSA) is 49.2 Å². The summed E-state index contributed by atoms with van der Waals surface area (Å²) in [6, 6.07) is 9.20. The van der Waals surface area contributed by atoms with Gasteiger partial charge < -0.3 is 9.33 Å². The maximum Gasteiger partial charge on any atom is 0.191 e. The van der Waals surface area contributed by atoms with E-state index in [-0.39, 0.29) is 5.04 Å². The van der Waals surface area contributed by atoms with Gasteiger partial charge in [-0.3, -0.25) is 0 Å². The van der Waals surface area contributed by atoms with Crippen LogP contribution in [0, 0.1) is 18.3 Å². The van der Waals surface area contributed by atoms with Crippen LogP contribution in [0.1, 0.15) is 57.7 Å². The van der Waals surface area contributed by atoms with Gasteiger partial charge in [-0.25, -0.2) is 4.98 Å². The second-order valence-corrected chi connectivity index (χ2v) is 15.5. The molecule has 0 radical (unpaired) electrons. The molecule has 0 atom stereocenters. The van der Waals surface area contributed by atoms with E-state index in [0.717, 1.165) is 48.5 Å². The number of aromatic nitrogens is 1. The lowest BCUT2D eigenvalue weighted by atomic mass is 10.1. The Morgan fingerprint density at radius 1 is 1.27 bits per heavy atom. The molecule has 1 aromatic carbocycles. The zero-order valence-corrected chi connectivity index (χ0v) is 21.1. The van der Waals surface area contributed by atoms with E-state index in [1.54, 1.807) is 11.3 Å². The van der Waals surface area contributed by atoms with E-state index >= 15 is 0 Å². The Balaban J connectivity index is 1.68. The molecule has 2 aromatic rings. The van der Waals surface area contributed by atoms with Crippen LogP contribution in [0.5, 0.6) is 0 Å². The second kappa shape index (κ2) is 9.21. The molecule has 0 amide bonds. The van der Waals surface area contributed by atoms with Crippen molar-refractivity contribution in [3.63, 3.8) is 0 Å². The quantitative estimate of drug-likeness (QED) is 0.318. The van der Waals surface area contributed by atoms with Crippen LogP contribution in [0.15, 0.2) is 23.7 Å². The highest BCUT2D eigenvalue weighted by atomic mass is 32.1. The van der Waals surface area contributed by atoms with Crippen LogP contribution in [0.25, 0.3) is 10.4 Å². The zero-order chi connectivity index (χ0) is 21.9. The van der Waals surface area contributed by atoms with E-state index in [9.17, 15) is 5.26 Å². The zero-order valence-electron chi connectivity index (χ0n) is 19.3. The maximum atomic E-state index is 9.72. The van der Waals surface area contributed by atoms with Crippen LogP contribution in [0.3, 0.4) is 0 Å². The summed E-state index contributed by atoms with van der Waals surface area (Å²) in [6.45, 7) is 15.3. The van der Waals surface area contributed by atoms with Gasteiger partial charge in [0.05, 0.1) is 27.3 Å². The van der Waals surface area contributed by atoms with Crippen LogP contribution in [0.2, 0.25) is 18.1 Å². The molecule has 1 saturated carbocycles. The van der Waals surface area contributed by atoms with E-state index in [2.05, 4.69) is 62.0 Å². The molecule has 0 bridgehead atoms. The Hall–Kier alpha value is -1.68. The minimum absolute atomic E-state index is 0.254. The van der Waals surface area contributed by atoms with Gasteiger partial charge in [0, 0.05) is 19.2 Å². The van der Waals surface area contributed by atoms with Gasteiger partial charge in [0.2, 0.25) is 0 Å². The first-order chi connectivity index (χ1) is 14.1. The molecular formula is C24H35N3OSSi. The number of nitriles is 1. The van der Waals surface area contributed by atoms with Gasteiger partial charge in [0.1, 0.15) is 6.07 Å². The van der Waals surface area contributed by atoms with E-state index in [4.69, 9.17) is 4.43 Å². The highest BCUT2D eigenvalue weighted by Gasteiger charge is 2.37.